The maximum Gasteiger partial charge on any atom is 0.0369 e. The van der Waals surface area contributed by atoms with Gasteiger partial charge < -0.3 is 10.2 Å². The number of rotatable bonds is 3. The smallest absolute Gasteiger partial charge is 0.0369 e. The molecule has 16 heavy (non-hydrogen) atoms. The molecule has 0 aromatic heterocycles. The lowest BCUT2D eigenvalue weighted by molar-refractivity contribution is 0.485. The second kappa shape index (κ2) is 5.35. The molecule has 0 amide bonds. The van der Waals surface area contributed by atoms with E-state index in [0.29, 0.717) is 6.04 Å². The number of hydrogen-bond acceptors (Lipinski definition) is 2. The molecule has 2 nitrogen and oxygen atoms in total. The topological polar surface area (TPSA) is 15.3 Å². The van der Waals surface area contributed by atoms with Crippen molar-refractivity contribution in [3.05, 3.63) is 29.8 Å². The van der Waals surface area contributed by atoms with E-state index in [0.717, 1.165) is 19.6 Å². The van der Waals surface area contributed by atoms with E-state index >= 15 is 0 Å². The second-order valence-electron chi connectivity index (χ2n) is 4.72. The fourth-order valence-electron chi connectivity index (χ4n) is 2.36. The highest BCUT2D eigenvalue weighted by Crippen LogP contribution is 2.18. The van der Waals surface area contributed by atoms with E-state index in [1.165, 1.54) is 24.1 Å². The zero-order valence-corrected chi connectivity index (χ0v) is 10.4. The van der Waals surface area contributed by atoms with Gasteiger partial charge in [-0.1, -0.05) is 25.5 Å². The van der Waals surface area contributed by atoms with Crippen molar-refractivity contribution >= 4 is 5.69 Å². The van der Waals surface area contributed by atoms with Crippen molar-refractivity contribution < 1.29 is 0 Å². The van der Waals surface area contributed by atoms with E-state index in [-0.39, 0.29) is 0 Å². The van der Waals surface area contributed by atoms with Gasteiger partial charge in [-0.25, -0.2) is 0 Å². The van der Waals surface area contributed by atoms with Crippen LogP contribution in [0.3, 0.4) is 0 Å². The van der Waals surface area contributed by atoms with Crippen LogP contribution in [0.2, 0.25) is 0 Å². The van der Waals surface area contributed by atoms with Gasteiger partial charge in [0, 0.05) is 31.4 Å². The third-order valence-corrected chi connectivity index (χ3v) is 3.18. The fourth-order valence-corrected chi connectivity index (χ4v) is 2.36. The Kier molecular flexibility index (Phi) is 3.83. The first-order valence-electron chi connectivity index (χ1n) is 6.37. The maximum atomic E-state index is 3.48. The van der Waals surface area contributed by atoms with Crippen molar-refractivity contribution in [1.82, 2.24) is 5.32 Å². The van der Waals surface area contributed by atoms with Gasteiger partial charge in [-0.2, -0.15) is 0 Å². The Morgan fingerprint density at radius 3 is 3.06 bits per heavy atom. The van der Waals surface area contributed by atoms with E-state index in [1.54, 1.807) is 0 Å². The van der Waals surface area contributed by atoms with Crippen LogP contribution in [-0.2, 0) is 6.42 Å². The molecule has 88 valence electrons. The van der Waals surface area contributed by atoms with Gasteiger partial charge in [0.05, 0.1) is 0 Å². The minimum atomic E-state index is 0.601. The largest absolute Gasteiger partial charge is 0.369 e. The van der Waals surface area contributed by atoms with Crippen LogP contribution in [0.1, 0.15) is 25.8 Å². The second-order valence-corrected chi connectivity index (χ2v) is 4.72. The molecule has 1 heterocycles. The molecule has 1 aliphatic rings. The van der Waals surface area contributed by atoms with Crippen molar-refractivity contribution in [3.63, 3.8) is 0 Å². The van der Waals surface area contributed by atoms with Crippen LogP contribution in [0.25, 0.3) is 0 Å². The normalized spacial score (nSPS) is 21.1. The van der Waals surface area contributed by atoms with Crippen molar-refractivity contribution in [1.29, 1.82) is 0 Å². The molecule has 1 aromatic carbocycles. The summed E-state index contributed by atoms with van der Waals surface area (Å²) in [6.45, 7) is 7.83. The van der Waals surface area contributed by atoms with E-state index < -0.39 is 0 Å². The lowest BCUT2D eigenvalue weighted by Gasteiger charge is -2.33. The summed E-state index contributed by atoms with van der Waals surface area (Å²) in [7, 11) is 0. The molecule has 1 aliphatic heterocycles. The minimum Gasteiger partial charge on any atom is -0.369 e. The molecule has 1 saturated heterocycles. The molecule has 0 radical (unpaired) electrons. The number of nitrogens with one attached hydrogen (secondary N) is 1. The van der Waals surface area contributed by atoms with Crippen LogP contribution >= 0.6 is 0 Å². The molecular weight excluding hydrogens is 196 g/mol. The van der Waals surface area contributed by atoms with Crippen LogP contribution in [0.5, 0.6) is 0 Å². The summed E-state index contributed by atoms with van der Waals surface area (Å²) in [6, 6.07) is 9.60. The predicted octanol–water partition coefficient (Wildman–Crippen LogP) is 2.44. The highest BCUT2D eigenvalue weighted by atomic mass is 15.2. The van der Waals surface area contributed by atoms with Gasteiger partial charge in [-0.15, -0.1) is 0 Å². The van der Waals surface area contributed by atoms with Crippen LogP contribution in [0.4, 0.5) is 5.69 Å². The van der Waals surface area contributed by atoms with Crippen LogP contribution in [0, 0.1) is 0 Å². The molecule has 0 bridgehead atoms. The first kappa shape index (κ1) is 11.5. The number of anilines is 1. The van der Waals surface area contributed by atoms with Crippen molar-refractivity contribution in [2.75, 3.05) is 24.5 Å². The Balaban J connectivity index is 2.09. The van der Waals surface area contributed by atoms with Gasteiger partial charge in [0.15, 0.2) is 0 Å². The highest BCUT2D eigenvalue weighted by molar-refractivity contribution is 5.49. The average molecular weight is 218 g/mol. The Morgan fingerprint density at radius 1 is 1.44 bits per heavy atom. The fraction of sp³-hybridized carbons (Fsp3) is 0.571. The lowest BCUT2D eigenvalue weighted by Crippen LogP contribution is -2.49. The van der Waals surface area contributed by atoms with E-state index in [4.69, 9.17) is 0 Å². The molecule has 1 unspecified atom stereocenters. The summed E-state index contributed by atoms with van der Waals surface area (Å²) in [5.74, 6) is 0. The van der Waals surface area contributed by atoms with Gasteiger partial charge in [0.1, 0.15) is 0 Å². The van der Waals surface area contributed by atoms with Gasteiger partial charge in [-0.05, 0) is 31.0 Å². The van der Waals surface area contributed by atoms with Crippen LogP contribution in [-0.4, -0.2) is 25.7 Å². The number of piperazine rings is 1. The monoisotopic (exact) mass is 218 g/mol. The molecule has 1 aromatic rings. The Bertz CT molecular complexity index is 335. The summed E-state index contributed by atoms with van der Waals surface area (Å²) in [5, 5.41) is 3.48. The molecule has 2 heteroatoms. The SMILES string of the molecule is CCCc1cccc(N2CCNC(C)C2)c1. The highest BCUT2D eigenvalue weighted by Gasteiger charge is 2.15. The molecular formula is C14H22N2. The van der Waals surface area contributed by atoms with Gasteiger partial charge in [0.2, 0.25) is 0 Å². The quantitative estimate of drug-likeness (QED) is 0.838. The molecule has 0 spiro atoms. The minimum absolute atomic E-state index is 0.601. The van der Waals surface area contributed by atoms with Gasteiger partial charge in [0.25, 0.3) is 0 Å². The summed E-state index contributed by atoms with van der Waals surface area (Å²) >= 11 is 0. The predicted molar refractivity (Wildman–Crippen MR) is 70.1 cm³/mol. The average Bonchev–Trinajstić information content (AvgIpc) is 2.30. The summed E-state index contributed by atoms with van der Waals surface area (Å²) < 4.78 is 0. The molecule has 1 fully saturated rings. The number of nitrogens with zero attached hydrogens (tertiary/aromatic N) is 1. The van der Waals surface area contributed by atoms with E-state index in [9.17, 15) is 0 Å². The van der Waals surface area contributed by atoms with Crippen molar-refractivity contribution in [2.45, 2.75) is 32.7 Å². The third-order valence-electron chi connectivity index (χ3n) is 3.18. The van der Waals surface area contributed by atoms with E-state index in [2.05, 4.69) is 48.3 Å². The van der Waals surface area contributed by atoms with Crippen LogP contribution in [0.15, 0.2) is 24.3 Å². The van der Waals surface area contributed by atoms with E-state index in [1.807, 2.05) is 0 Å². The molecule has 0 aliphatic carbocycles. The first-order chi connectivity index (χ1) is 7.79. The molecule has 1 atom stereocenters. The maximum absolute atomic E-state index is 3.48. The lowest BCUT2D eigenvalue weighted by atomic mass is 10.1. The van der Waals surface area contributed by atoms with Crippen molar-refractivity contribution in [2.24, 2.45) is 0 Å². The standard InChI is InChI=1S/C14H22N2/c1-3-5-13-6-4-7-14(10-13)16-9-8-15-12(2)11-16/h4,6-7,10,12,15H,3,5,8-9,11H2,1-2H3. The summed E-state index contributed by atoms with van der Waals surface area (Å²) in [6.07, 6.45) is 2.41. The zero-order chi connectivity index (χ0) is 11.4. The molecule has 0 saturated carbocycles. The number of benzene rings is 1. The number of aryl methyl sites for hydroxylation is 1. The van der Waals surface area contributed by atoms with Crippen LogP contribution < -0.4 is 10.2 Å². The molecule has 2 rings (SSSR count). The number of hydrogen-bond donors (Lipinski definition) is 1. The van der Waals surface area contributed by atoms with Crippen molar-refractivity contribution in [3.8, 4) is 0 Å². The Hall–Kier alpha value is -1.02. The third kappa shape index (κ3) is 2.76. The molecule has 1 N–H and O–H groups in total. The summed E-state index contributed by atoms with van der Waals surface area (Å²) in [4.78, 5) is 2.49. The summed E-state index contributed by atoms with van der Waals surface area (Å²) in [5.41, 5.74) is 2.85. The Morgan fingerprint density at radius 2 is 2.31 bits per heavy atom. The Labute approximate surface area is 98.7 Å². The van der Waals surface area contributed by atoms with Gasteiger partial charge in [-0.3, -0.25) is 0 Å². The van der Waals surface area contributed by atoms with Gasteiger partial charge >= 0.3 is 0 Å². The zero-order valence-electron chi connectivity index (χ0n) is 10.4. The first-order valence-corrected chi connectivity index (χ1v) is 6.37.